The zero-order valence-electron chi connectivity index (χ0n) is 14.2. The molecule has 0 amide bonds. The molecule has 2 unspecified atom stereocenters. The first-order valence-electron chi connectivity index (χ1n) is 8.55. The Morgan fingerprint density at radius 2 is 1.75 bits per heavy atom. The number of hydrogen-bond donors (Lipinski definition) is 0. The van der Waals surface area contributed by atoms with E-state index in [1.165, 1.54) is 0 Å². The first-order chi connectivity index (χ1) is 11.7. The fraction of sp³-hybridized carbons (Fsp3) is 0.588. The van der Waals surface area contributed by atoms with Gasteiger partial charge >= 0.3 is 0 Å². The van der Waals surface area contributed by atoms with Gasteiger partial charge in [0.05, 0.1) is 30.8 Å². The lowest BCUT2D eigenvalue weighted by atomic mass is 10.2. The molecule has 4 heterocycles. The number of anilines is 2. The van der Waals surface area contributed by atoms with E-state index in [0.29, 0.717) is 0 Å². The van der Waals surface area contributed by atoms with Gasteiger partial charge in [0.25, 0.3) is 0 Å². The molecule has 2 saturated heterocycles. The highest BCUT2D eigenvalue weighted by molar-refractivity contribution is 5.87. The van der Waals surface area contributed by atoms with Crippen molar-refractivity contribution in [3.8, 4) is 0 Å². The largest absolute Gasteiger partial charge is 0.378 e. The van der Waals surface area contributed by atoms with Crippen molar-refractivity contribution in [1.82, 2.24) is 15.0 Å². The zero-order valence-corrected chi connectivity index (χ0v) is 14.2. The van der Waals surface area contributed by atoms with Gasteiger partial charge in [-0.25, -0.2) is 15.0 Å². The second kappa shape index (κ2) is 6.49. The lowest BCUT2D eigenvalue weighted by Crippen LogP contribution is -2.45. The lowest BCUT2D eigenvalue weighted by molar-refractivity contribution is -0.00544. The molecule has 2 aliphatic heterocycles. The van der Waals surface area contributed by atoms with E-state index in [2.05, 4.69) is 45.7 Å². The maximum Gasteiger partial charge on any atom is 0.166 e. The van der Waals surface area contributed by atoms with Crippen LogP contribution in [-0.4, -0.2) is 66.6 Å². The van der Waals surface area contributed by atoms with Crippen LogP contribution in [0.25, 0.3) is 11.0 Å². The van der Waals surface area contributed by atoms with E-state index in [-0.39, 0.29) is 12.2 Å². The normalized spacial score (nSPS) is 25.2. The SMILES string of the molecule is CC1CN(c2ccc3c(N4CCOCC4)ncnc3n2)CC(C)O1. The van der Waals surface area contributed by atoms with E-state index in [1.54, 1.807) is 6.33 Å². The third-order valence-corrected chi connectivity index (χ3v) is 4.52. The van der Waals surface area contributed by atoms with Crippen LogP contribution in [0.1, 0.15) is 13.8 Å². The number of rotatable bonds is 2. The summed E-state index contributed by atoms with van der Waals surface area (Å²) in [6.07, 6.45) is 2.02. The number of ether oxygens (including phenoxy) is 2. The van der Waals surface area contributed by atoms with Crippen molar-refractivity contribution >= 4 is 22.7 Å². The highest BCUT2D eigenvalue weighted by atomic mass is 16.5. The van der Waals surface area contributed by atoms with Gasteiger partial charge < -0.3 is 19.3 Å². The van der Waals surface area contributed by atoms with E-state index >= 15 is 0 Å². The molecule has 7 heteroatoms. The lowest BCUT2D eigenvalue weighted by Gasteiger charge is -2.36. The summed E-state index contributed by atoms with van der Waals surface area (Å²) < 4.78 is 11.2. The molecule has 0 bridgehead atoms. The molecule has 4 rings (SSSR count). The Morgan fingerprint density at radius 3 is 2.50 bits per heavy atom. The fourth-order valence-corrected chi connectivity index (χ4v) is 3.49. The maximum absolute atomic E-state index is 5.81. The summed E-state index contributed by atoms with van der Waals surface area (Å²) in [6, 6.07) is 4.16. The van der Waals surface area contributed by atoms with Crippen molar-refractivity contribution in [1.29, 1.82) is 0 Å². The topological polar surface area (TPSA) is 63.6 Å². The number of fused-ring (bicyclic) bond motifs is 1. The minimum absolute atomic E-state index is 0.209. The number of hydrogen-bond acceptors (Lipinski definition) is 7. The van der Waals surface area contributed by atoms with Crippen LogP contribution in [0, 0.1) is 0 Å². The molecule has 0 radical (unpaired) electrons. The van der Waals surface area contributed by atoms with E-state index in [4.69, 9.17) is 14.5 Å². The first kappa shape index (κ1) is 15.5. The van der Waals surface area contributed by atoms with Gasteiger partial charge in [-0.3, -0.25) is 0 Å². The molecule has 2 aromatic rings. The van der Waals surface area contributed by atoms with Crippen molar-refractivity contribution in [2.75, 3.05) is 49.2 Å². The summed E-state index contributed by atoms with van der Waals surface area (Å²) in [7, 11) is 0. The van der Waals surface area contributed by atoms with Gasteiger partial charge in [-0.1, -0.05) is 0 Å². The molecule has 0 aromatic carbocycles. The zero-order chi connectivity index (χ0) is 16.5. The first-order valence-corrected chi connectivity index (χ1v) is 8.55. The van der Waals surface area contributed by atoms with Gasteiger partial charge in [0.15, 0.2) is 5.65 Å². The van der Waals surface area contributed by atoms with Gasteiger partial charge in [0.1, 0.15) is 18.0 Å². The minimum atomic E-state index is 0.209. The van der Waals surface area contributed by atoms with Crippen molar-refractivity contribution in [2.45, 2.75) is 26.1 Å². The quantitative estimate of drug-likeness (QED) is 0.827. The average Bonchev–Trinajstić information content (AvgIpc) is 2.60. The van der Waals surface area contributed by atoms with Crippen molar-refractivity contribution in [2.24, 2.45) is 0 Å². The standard InChI is InChI=1S/C17H23N5O2/c1-12-9-22(10-13(2)24-12)15-4-3-14-16(20-15)18-11-19-17(14)21-5-7-23-8-6-21/h3-4,11-13H,5-10H2,1-2H3. The molecular weight excluding hydrogens is 306 g/mol. The van der Waals surface area contributed by atoms with Gasteiger partial charge in [-0.15, -0.1) is 0 Å². The summed E-state index contributed by atoms with van der Waals surface area (Å²) in [4.78, 5) is 18.2. The molecule has 128 valence electrons. The summed E-state index contributed by atoms with van der Waals surface area (Å²) in [5.74, 6) is 1.90. The second-order valence-corrected chi connectivity index (χ2v) is 6.50. The fourth-order valence-electron chi connectivity index (χ4n) is 3.49. The molecule has 2 aromatic heterocycles. The molecule has 0 aliphatic carbocycles. The predicted octanol–water partition coefficient (Wildman–Crippen LogP) is 1.47. The molecule has 2 atom stereocenters. The Balaban J connectivity index is 1.66. The van der Waals surface area contributed by atoms with E-state index in [9.17, 15) is 0 Å². The van der Waals surface area contributed by atoms with Crippen molar-refractivity contribution < 1.29 is 9.47 Å². The van der Waals surface area contributed by atoms with Crippen LogP contribution in [0.5, 0.6) is 0 Å². The Hall–Kier alpha value is -1.99. The number of aromatic nitrogens is 3. The van der Waals surface area contributed by atoms with Gasteiger partial charge in [0.2, 0.25) is 0 Å². The Kier molecular flexibility index (Phi) is 4.20. The van der Waals surface area contributed by atoms with Crippen LogP contribution in [0.3, 0.4) is 0 Å². The molecule has 0 N–H and O–H groups in total. The molecule has 0 spiro atoms. The third-order valence-electron chi connectivity index (χ3n) is 4.52. The number of morpholine rings is 2. The third kappa shape index (κ3) is 3.01. The molecule has 0 saturated carbocycles. The smallest absolute Gasteiger partial charge is 0.166 e. The van der Waals surface area contributed by atoms with E-state index in [0.717, 1.165) is 62.1 Å². The van der Waals surface area contributed by atoms with E-state index in [1.807, 2.05) is 0 Å². The molecule has 24 heavy (non-hydrogen) atoms. The summed E-state index contributed by atoms with van der Waals surface area (Å²) in [5, 5.41) is 0.998. The highest BCUT2D eigenvalue weighted by Crippen LogP contribution is 2.26. The van der Waals surface area contributed by atoms with Crippen LogP contribution < -0.4 is 9.80 Å². The minimum Gasteiger partial charge on any atom is -0.378 e. The Bertz CT molecular complexity index is 709. The molecular formula is C17H23N5O2. The summed E-state index contributed by atoms with van der Waals surface area (Å²) in [6.45, 7) is 9.08. The second-order valence-electron chi connectivity index (χ2n) is 6.50. The predicted molar refractivity (Wildman–Crippen MR) is 92.6 cm³/mol. The van der Waals surface area contributed by atoms with Crippen LogP contribution in [-0.2, 0) is 9.47 Å². The monoisotopic (exact) mass is 329 g/mol. The van der Waals surface area contributed by atoms with Crippen molar-refractivity contribution in [3.63, 3.8) is 0 Å². The van der Waals surface area contributed by atoms with Crippen LogP contribution in [0.15, 0.2) is 18.5 Å². The number of nitrogens with zero attached hydrogens (tertiary/aromatic N) is 5. The van der Waals surface area contributed by atoms with Gasteiger partial charge in [0, 0.05) is 26.2 Å². The summed E-state index contributed by atoms with van der Waals surface area (Å²) in [5.41, 5.74) is 0.746. The number of pyridine rings is 1. The van der Waals surface area contributed by atoms with Crippen LogP contribution in [0.4, 0.5) is 11.6 Å². The maximum atomic E-state index is 5.81. The Labute approximate surface area is 141 Å². The molecule has 2 fully saturated rings. The van der Waals surface area contributed by atoms with Crippen molar-refractivity contribution in [3.05, 3.63) is 18.5 Å². The average molecular weight is 329 g/mol. The van der Waals surface area contributed by atoms with Gasteiger partial charge in [-0.05, 0) is 26.0 Å². The Morgan fingerprint density at radius 1 is 1.00 bits per heavy atom. The van der Waals surface area contributed by atoms with Crippen LogP contribution >= 0.6 is 0 Å². The molecule has 2 aliphatic rings. The highest BCUT2D eigenvalue weighted by Gasteiger charge is 2.24. The molecule has 7 nitrogen and oxygen atoms in total. The van der Waals surface area contributed by atoms with Crippen LogP contribution in [0.2, 0.25) is 0 Å². The summed E-state index contributed by atoms with van der Waals surface area (Å²) >= 11 is 0. The van der Waals surface area contributed by atoms with E-state index < -0.39 is 0 Å². The van der Waals surface area contributed by atoms with Gasteiger partial charge in [-0.2, -0.15) is 0 Å².